The van der Waals surface area contributed by atoms with Crippen molar-refractivity contribution in [2.45, 2.75) is 0 Å². The number of benzene rings is 2. The van der Waals surface area contributed by atoms with Crippen molar-refractivity contribution in [2.75, 3.05) is 11.4 Å². The Bertz CT molecular complexity index is 685. The Balaban J connectivity index is 1.80. The molecule has 0 aromatic heterocycles. The monoisotopic (exact) mass is 295 g/mol. The average molecular weight is 295 g/mol. The van der Waals surface area contributed by atoms with Crippen molar-refractivity contribution in [3.05, 3.63) is 66.2 Å². The van der Waals surface area contributed by atoms with E-state index in [1.807, 2.05) is 60.7 Å². The quantitative estimate of drug-likeness (QED) is 0.645. The molecule has 1 fully saturated rings. The van der Waals surface area contributed by atoms with E-state index in [4.69, 9.17) is 12.2 Å². The smallest absolute Gasteiger partial charge is 0.269 e. The summed E-state index contributed by atoms with van der Waals surface area (Å²) in [5.74, 6) is -0.129. The molecule has 1 aliphatic rings. The van der Waals surface area contributed by atoms with E-state index < -0.39 is 0 Å². The summed E-state index contributed by atoms with van der Waals surface area (Å²) in [6.45, 7) is 0.217. The van der Waals surface area contributed by atoms with Gasteiger partial charge in [-0.3, -0.25) is 4.79 Å². The predicted octanol–water partition coefficient (Wildman–Crippen LogP) is 2.65. The summed E-state index contributed by atoms with van der Waals surface area (Å²) in [4.78, 5) is 13.9. The molecule has 0 atom stereocenters. The number of hydrogen-bond acceptors (Lipinski definition) is 3. The van der Waals surface area contributed by atoms with Gasteiger partial charge >= 0.3 is 0 Å². The minimum Gasteiger partial charge on any atom is -0.308 e. The van der Waals surface area contributed by atoms with Crippen molar-refractivity contribution in [3.8, 4) is 0 Å². The van der Waals surface area contributed by atoms with Gasteiger partial charge in [-0.15, -0.1) is 0 Å². The Labute approximate surface area is 128 Å². The number of nitrogens with zero attached hydrogens (tertiary/aromatic N) is 3. The maximum Gasteiger partial charge on any atom is 0.269 e. The first-order valence-corrected chi connectivity index (χ1v) is 6.95. The van der Waals surface area contributed by atoms with Crippen LogP contribution >= 0.6 is 12.2 Å². The number of anilines is 1. The van der Waals surface area contributed by atoms with E-state index in [1.54, 1.807) is 11.1 Å². The molecule has 1 aliphatic heterocycles. The van der Waals surface area contributed by atoms with Crippen molar-refractivity contribution >= 4 is 35.1 Å². The highest BCUT2D eigenvalue weighted by Gasteiger charge is 2.33. The lowest BCUT2D eigenvalue weighted by molar-refractivity contribution is -0.124. The van der Waals surface area contributed by atoms with Gasteiger partial charge in [0.25, 0.3) is 5.91 Å². The molecule has 104 valence electrons. The molecule has 5 heteroatoms. The number of thiocarbonyl (C=S) groups is 1. The largest absolute Gasteiger partial charge is 0.308 e. The zero-order chi connectivity index (χ0) is 14.7. The van der Waals surface area contributed by atoms with E-state index in [2.05, 4.69) is 5.10 Å². The molecule has 0 bridgehead atoms. The molecule has 0 saturated carbocycles. The highest BCUT2D eigenvalue weighted by atomic mass is 32.1. The summed E-state index contributed by atoms with van der Waals surface area (Å²) in [5.41, 5.74) is 1.82. The summed E-state index contributed by atoms with van der Waals surface area (Å²) in [5, 5.41) is 5.88. The Morgan fingerprint density at radius 1 is 1.00 bits per heavy atom. The van der Waals surface area contributed by atoms with Gasteiger partial charge in [0.1, 0.15) is 6.54 Å². The number of hydrogen-bond donors (Lipinski definition) is 0. The number of amides is 1. The van der Waals surface area contributed by atoms with Gasteiger partial charge in [0, 0.05) is 5.69 Å². The van der Waals surface area contributed by atoms with Gasteiger partial charge in [-0.2, -0.15) is 10.1 Å². The fourth-order valence-corrected chi connectivity index (χ4v) is 2.40. The maximum atomic E-state index is 12.1. The third-order valence-electron chi connectivity index (χ3n) is 3.13. The normalized spacial score (nSPS) is 15.2. The molecule has 21 heavy (non-hydrogen) atoms. The molecule has 1 amide bonds. The average Bonchev–Trinajstić information content (AvgIpc) is 2.82. The van der Waals surface area contributed by atoms with Gasteiger partial charge in [-0.25, -0.2) is 0 Å². The first-order chi connectivity index (χ1) is 10.3. The lowest BCUT2D eigenvalue weighted by Gasteiger charge is -2.17. The van der Waals surface area contributed by atoms with Crippen LogP contribution in [0.1, 0.15) is 5.56 Å². The third-order valence-corrected chi connectivity index (χ3v) is 3.52. The first-order valence-electron chi connectivity index (χ1n) is 6.54. The number of rotatable bonds is 3. The Morgan fingerprint density at radius 2 is 1.62 bits per heavy atom. The second-order valence-corrected chi connectivity index (χ2v) is 4.93. The van der Waals surface area contributed by atoms with E-state index >= 15 is 0 Å². The van der Waals surface area contributed by atoms with Crippen LogP contribution in [0.3, 0.4) is 0 Å². The van der Waals surface area contributed by atoms with E-state index in [0.717, 1.165) is 11.3 Å². The van der Waals surface area contributed by atoms with Crippen LogP contribution in [0.2, 0.25) is 0 Å². The van der Waals surface area contributed by atoms with Crippen LogP contribution in [0, 0.1) is 0 Å². The molecule has 0 N–H and O–H groups in total. The van der Waals surface area contributed by atoms with Crippen LogP contribution < -0.4 is 4.90 Å². The Kier molecular flexibility index (Phi) is 3.75. The standard InChI is InChI=1S/C16H13N3OS/c20-15-12-18(14-9-5-2-6-10-14)16(21)19(15)17-11-13-7-3-1-4-8-13/h1-11H,12H2/b17-11-. The molecule has 0 radical (unpaired) electrons. The molecule has 2 aromatic carbocycles. The predicted molar refractivity (Wildman–Crippen MR) is 87.3 cm³/mol. The third kappa shape index (κ3) is 2.83. The minimum atomic E-state index is -0.129. The molecule has 0 aliphatic carbocycles. The van der Waals surface area contributed by atoms with Gasteiger partial charge in [-0.05, 0) is 29.9 Å². The topological polar surface area (TPSA) is 35.9 Å². The highest BCUT2D eigenvalue weighted by Crippen LogP contribution is 2.20. The van der Waals surface area contributed by atoms with Gasteiger partial charge in [0.2, 0.25) is 5.11 Å². The van der Waals surface area contributed by atoms with Crippen molar-refractivity contribution in [2.24, 2.45) is 5.10 Å². The molecular weight excluding hydrogens is 282 g/mol. The summed E-state index contributed by atoms with van der Waals surface area (Å²) >= 11 is 5.35. The van der Waals surface area contributed by atoms with Crippen molar-refractivity contribution in [1.82, 2.24) is 5.01 Å². The second kappa shape index (κ2) is 5.85. The lowest BCUT2D eigenvalue weighted by atomic mass is 10.2. The van der Waals surface area contributed by atoms with Crippen molar-refractivity contribution < 1.29 is 4.79 Å². The molecule has 2 aromatic rings. The zero-order valence-corrected chi connectivity index (χ0v) is 12.0. The molecular formula is C16H13N3OS. The SMILES string of the molecule is O=C1CN(c2ccccc2)C(=S)N1/N=C\c1ccccc1. The maximum absolute atomic E-state index is 12.1. The van der Waals surface area contributed by atoms with E-state index in [1.165, 1.54) is 5.01 Å². The first kappa shape index (κ1) is 13.5. The zero-order valence-electron chi connectivity index (χ0n) is 11.2. The van der Waals surface area contributed by atoms with Crippen LogP contribution in [0.15, 0.2) is 65.8 Å². The second-order valence-electron chi connectivity index (χ2n) is 4.57. The van der Waals surface area contributed by atoms with Gasteiger partial charge in [0.05, 0.1) is 6.21 Å². The molecule has 1 saturated heterocycles. The number of carbonyl (C=O) groups excluding carboxylic acids is 1. The summed E-state index contributed by atoms with van der Waals surface area (Å²) in [6.07, 6.45) is 1.64. The molecule has 4 nitrogen and oxygen atoms in total. The summed E-state index contributed by atoms with van der Waals surface area (Å²) < 4.78 is 0. The fourth-order valence-electron chi connectivity index (χ4n) is 2.08. The molecule has 0 spiro atoms. The van der Waals surface area contributed by atoms with Crippen LogP contribution in [-0.4, -0.2) is 28.8 Å². The highest BCUT2D eigenvalue weighted by molar-refractivity contribution is 7.80. The Hall–Kier alpha value is -2.53. The molecule has 3 rings (SSSR count). The van der Waals surface area contributed by atoms with Gasteiger partial charge in [-0.1, -0.05) is 48.5 Å². The van der Waals surface area contributed by atoms with Crippen LogP contribution in [0.5, 0.6) is 0 Å². The number of carbonyl (C=O) groups is 1. The number of para-hydroxylation sites is 1. The van der Waals surface area contributed by atoms with Crippen LogP contribution in [0.25, 0.3) is 0 Å². The van der Waals surface area contributed by atoms with Gasteiger partial charge < -0.3 is 4.90 Å². The summed E-state index contributed by atoms with van der Waals surface area (Å²) in [7, 11) is 0. The Morgan fingerprint density at radius 3 is 2.29 bits per heavy atom. The van der Waals surface area contributed by atoms with E-state index in [-0.39, 0.29) is 12.5 Å². The van der Waals surface area contributed by atoms with Gasteiger partial charge in [0.15, 0.2) is 0 Å². The van der Waals surface area contributed by atoms with Crippen molar-refractivity contribution in [1.29, 1.82) is 0 Å². The minimum absolute atomic E-state index is 0.129. The molecule has 1 heterocycles. The fraction of sp³-hybridized carbons (Fsp3) is 0.0625. The van der Waals surface area contributed by atoms with Crippen molar-refractivity contribution in [3.63, 3.8) is 0 Å². The molecule has 0 unspecified atom stereocenters. The van der Waals surface area contributed by atoms with Crippen LogP contribution in [-0.2, 0) is 4.79 Å². The summed E-state index contributed by atoms with van der Waals surface area (Å²) in [6, 6.07) is 19.2. The van der Waals surface area contributed by atoms with E-state index in [9.17, 15) is 4.79 Å². The van der Waals surface area contributed by atoms with Crippen LogP contribution in [0.4, 0.5) is 5.69 Å². The van der Waals surface area contributed by atoms with E-state index in [0.29, 0.717) is 5.11 Å². The lowest BCUT2D eigenvalue weighted by Crippen LogP contribution is -2.29. The number of hydrazone groups is 1.